The van der Waals surface area contributed by atoms with E-state index in [0.717, 1.165) is 0 Å². The molecule has 7 heteroatoms. The molecule has 0 radical (unpaired) electrons. The maximum absolute atomic E-state index is 9.78. The third-order valence-corrected chi connectivity index (χ3v) is 0.491. The van der Waals surface area contributed by atoms with E-state index in [2.05, 4.69) is 11.0 Å². The number of rotatable bonds is 1. The summed E-state index contributed by atoms with van der Waals surface area (Å²) < 4.78 is 0. The molecule has 2 amide bonds. The topological polar surface area (TPSA) is 123 Å². The molecule has 0 fully saturated rings. The van der Waals surface area contributed by atoms with E-state index in [-0.39, 0.29) is 0 Å². The van der Waals surface area contributed by atoms with Gasteiger partial charge in [0.2, 0.25) is 0 Å². The molecule has 7 nitrogen and oxygen atoms in total. The van der Waals surface area contributed by atoms with Crippen molar-refractivity contribution < 1.29 is 4.79 Å². The summed E-state index contributed by atoms with van der Waals surface area (Å²) in [6.07, 6.45) is 0. The number of carbonyl (C=O) groups excluding carboxylic acids is 1. The first-order valence-corrected chi connectivity index (χ1v) is 2.24. The largest absolute Gasteiger partial charge is 0.350 e. The molecule has 0 aromatic rings. The van der Waals surface area contributed by atoms with Crippen LogP contribution in [0.15, 0.2) is 5.29 Å². The minimum Gasteiger partial charge on any atom is -0.350 e. The highest BCUT2D eigenvalue weighted by atomic mass is 16.3. The van der Waals surface area contributed by atoms with Crippen LogP contribution in [0.2, 0.25) is 0 Å². The highest BCUT2D eigenvalue weighted by Gasteiger charge is 1.97. The first-order chi connectivity index (χ1) is 5.09. The van der Waals surface area contributed by atoms with Gasteiger partial charge in [-0.25, -0.2) is 4.79 Å². The van der Waals surface area contributed by atoms with Crippen molar-refractivity contribution in [2.24, 2.45) is 11.0 Å². The molecule has 11 heavy (non-hydrogen) atoms. The molecule has 0 heterocycles. The molecule has 0 saturated carbocycles. The van der Waals surface area contributed by atoms with Gasteiger partial charge in [0.15, 0.2) is 12.1 Å². The predicted octanol–water partition coefficient (Wildman–Crippen LogP) is -0.288. The number of nitroso groups, excluding NO2 is 1. The number of amides is 2. The molecule has 58 valence electrons. The molecule has 0 bridgehead atoms. The Morgan fingerprint density at radius 1 is 1.55 bits per heavy atom. The van der Waals surface area contributed by atoms with E-state index >= 15 is 0 Å². The number of urea groups is 1. The maximum atomic E-state index is 9.78. The third-order valence-electron chi connectivity index (χ3n) is 0.491. The average Bonchev–Trinajstić information content (AvgIpc) is 2.03. The summed E-state index contributed by atoms with van der Waals surface area (Å²) in [4.78, 5) is 19.1. The van der Waals surface area contributed by atoms with Crippen molar-refractivity contribution in [3.8, 4) is 12.1 Å². The zero-order chi connectivity index (χ0) is 9.28. The Bertz CT molecular complexity index is 200. The summed E-state index contributed by atoms with van der Waals surface area (Å²) in [6, 6.07) is 1.62. The van der Waals surface area contributed by atoms with Crippen molar-refractivity contribution in [3.05, 3.63) is 4.91 Å². The van der Waals surface area contributed by atoms with Crippen LogP contribution >= 0.6 is 0 Å². The molecule has 0 aliphatic heterocycles. The van der Waals surface area contributed by atoms with Gasteiger partial charge in [-0.3, -0.25) is 0 Å². The lowest BCUT2D eigenvalue weighted by atomic mass is 10.9. The smallest absolute Gasteiger partial charge is 0.337 e. The van der Waals surface area contributed by atoms with E-state index in [1.165, 1.54) is 19.2 Å². The van der Waals surface area contributed by atoms with E-state index in [9.17, 15) is 9.70 Å². The van der Waals surface area contributed by atoms with Gasteiger partial charge < -0.3 is 5.73 Å². The average molecular weight is 155 g/mol. The molecule has 0 unspecified atom stereocenters. The molecule has 0 rings (SSSR count). The Balaban J connectivity index is 0. The first kappa shape index (κ1) is 11.6. The molecule has 0 saturated heterocycles. The summed E-state index contributed by atoms with van der Waals surface area (Å²) >= 11 is 0. The molecular weight excluding hydrogens is 150 g/mol. The van der Waals surface area contributed by atoms with E-state index < -0.39 is 6.03 Å². The van der Waals surface area contributed by atoms with Gasteiger partial charge in [0.25, 0.3) is 0 Å². The van der Waals surface area contributed by atoms with Crippen LogP contribution in [-0.4, -0.2) is 18.1 Å². The Kier molecular flexibility index (Phi) is 8.29. The standard InChI is InChI=1S/C2H5N3O2.C2N2/c1-5(4-7)2(3)6;3-1-2-4/h1H3,(H2,3,6);. The lowest BCUT2D eigenvalue weighted by Gasteiger charge is -1.97. The van der Waals surface area contributed by atoms with Crippen molar-refractivity contribution >= 4 is 6.03 Å². The van der Waals surface area contributed by atoms with Gasteiger partial charge in [-0.05, 0) is 0 Å². The van der Waals surface area contributed by atoms with Gasteiger partial charge in [-0.1, -0.05) is 0 Å². The minimum atomic E-state index is -0.852. The van der Waals surface area contributed by atoms with Gasteiger partial charge in [-0.2, -0.15) is 15.5 Å². The lowest BCUT2D eigenvalue weighted by Crippen LogP contribution is -2.26. The first-order valence-electron chi connectivity index (χ1n) is 2.24. The second-order valence-electron chi connectivity index (χ2n) is 1.17. The second-order valence-corrected chi connectivity index (χ2v) is 1.17. The highest BCUT2D eigenvalue weighted by Crippen LogP contribution is 1.76. The zero-order valence-corrected chi connectivity index (χ0v) is 5.68. The number of hydrogen-bond acceptors (Lipinski definition) is 5. The van der Waals surface area contributed by atoms with Crippen LogP contribution in [0.5, 0.6) is 0 Å². The number of nitrogens with two attached hydrogens (primary N) is 1. The Labute approximate surface area is 62.6 Å². The van der Waals surface area contributed by atoms with Crippen molar-refractivity contribution in [3.63, 3.8) is 0 Å². The van der Waals surface area contributed by atoms with Crippen molar-refractivity contribution in [1.29, 1.82) is 10.5 Å². The highest BCUT2D eigenvalue weighted by molar-refractivity contribution is 5.71. The normalized spacial score (nSPS) is 5.73. The molecule has 0 aliphatic carbocycles. The Hall–Kier alpha value is -2.15. The van der Waals surface area contributed by atoms with Crippen LogP contribution in [0.1, 0.15) is 0 Å². The summed E-state index contributed by atoms with van der Waals surface area (Å²) in [5.41, 5.74) is 4.54. The number of hydrogen-bond donors (Lipinski definition) is 1. The summed E-state index contributed by atoms with van der Waals surface area (Å²) in [6.45, 7) is 0. The van der Waals surface area contributed by atoms with E-state index in [1.807, 2.05) is 0 Å². The van der Waals surface area contributed by atoms with Crippen LogP contribution in [0.25, 0.3) is 0 Å². The zero-order valence-electron chi connectivity index (χ0n) is 5.68. The molecular formula is C4H5N5O2. The molecule has 0 aliphatic rings. The van der Waals surface area contributed by atoms with E-state index in [4.69, 9.17) is 10.5 Å². The minimum absolute atomic E-state index is 0.500. The van der Waals surface area contributed by atoms with Gasteiger partial charge in [0, 0.05) is 7.05 Å². The molecule has 0 spiro atoms. The van der Waals surface area contributed by atoms with Crippen LogP contribution in [-0.2, 0) is 0 Å². The summed E-state index contributed by atoms with van der Waals surface area (Å²) in [5, 5.41) is 17.2. The number of primary amides is 1. The summed E-state index contributed by atoms with van der Waals surface area (Å²) in [5.74, 6) is 0. The number of nitriles is 2. The van der Waals surface area contributed by atoms with E-state index in [1.54, 1.807) is 0 Å². The number of carbonyl (C=O) groups is 1. The van der Waals surface area contributed by atoms with Gasteiger partial charge >= 0.3 is 6.03 Å². The van der Waals surface area contributed by atoms with Gasteiger partial charge in [-0.15, -0.1) is 4.91 Å². The molecule has 0 aromatic heterocycles. The SMILES string of the molecule is CN(N=O)C(N)=O.N#CC#N. The molecule has 0 aromatic carbocycles. The summed E-state index contributed by atoms with van der Waals surface area (Å²) in [7, 11) is 1.18. The second kappa shape index (κ2) is 7.85. The van der Waals surface area contributed by atoms with Crippen molar-refractivity contribution in [2.75, 3.05) is 7.05 Å². The van der Waals surface area contributed by atoms with Gasteiger partial charge in [0.05, 0.1) is 5.29 Å². The molecule has 0 atom stereocenters. The maximum Gasteiger partial charge on any atom is 0.337 e. The third kappa shape index (κ3) is 11.4. The van der Waals surface area contributed by atoms with Crippen LogP contribution in [0.3, 0.4) is 0 Å². The van der Waals surface area contributed by atoms with Crippen LogP contribution < -0.4 is 5.73 Å². The Morgan fingerprint density at radius 2 is 1.91 bits per heavy atom. The monoisotopic (exact) mass is 155 g/mol. The fraction of sp³-hybridized carbons (Fsp3) is 0.250. The predicted molar refractivity (Wildman–Crippen MR) is 34.4 cm³/mol. The quantitative estimate of drug-likeness (QED) is 0.412. The van der Waals surface area contributed by atoms with Crippen molar-refractivity contribution in [2.45, 2.75) is 0 Å². The van der Waals surface area contributed by atoms with E-state index in [0.29, 0.717) is 5.01 Å². The Morgan fingerprint density at radius 3 is 1.91 bits per heavy atom. The fourth-order valence-corrected chi connectivity index (χ4v) is 0.0402. The van der Waals surface area contributed by atoms with Gasteiger partial charge in [0.1, 0.15) is 0 Å². The van der Waals surface area contributed by atoms with Crippen molar-refractivity contribution in [1.82, 2.24) is 5.01 Å². The van der Waals surface area contributed by atoms with Crippen LogP contribution in [0, 0.1) is 27.6 Å². The van der Waals surface area contributed by atoms with Crippen LogP contribution in [0.4, 0.5) is 4.79 Å². The number of nitrogens with zero attached hydrogens (tertiary/aromatic N) is 4. The lowest BCUT2D eigenvalue weighted by molar-refractivity contribution is 0.220. The molecule has 2 N–H and O–H groups in total. The fourth-order valence-electron chi connectivity index (χ4n) is 0.0402.